The third-order valence-corrected chi connectivity index (χ3v) is 2.32. The Kier molecular flexibility index (Phi) is 3.16. The van der Waals surface area contributed by atoms with Gasteiger partial charge in [-0.25, -0.2) is 0 Å². The smallest absolute Gasteiger partial charge is 0.0625 e. The summed E-state index contributed by atoms with van der Waals surface area (Å²) in [5, 5.41) is 0. The van der Waals surface area contributed by atoms with Crippen molar-refractivity contribution in [2.45, 2.75) is 32.3 Å². The van der Waals surface area contributed by atoms with E-state index in [4.69, 9.17) is 10.5 Å². The minimum Gasteiger partial charge on any atom is -0.378 e. The molecule has 1 saturated heterocycles. The van der Waals surface area contributed by atoms with Gasteiger partial charge in [0.05, 0.1) is 6.10 Å². The van der Waals surface area contributed by atoms with Gasteiger partial charge in [-0.05, 0) is 25.3 Å². The lowest BCUT2D eigenvalue weighted by atomic mass is 9.91. The number of ether oxygens (including phenoxy) is 1. The molecule has 0 aromatic rings. The minimum atomic E-state index is 0.536. The van der Waals surface area contributed by atoms with Crippen molar-refractivity contribution >= 4 is 0 Å². The molecule has 2 nitrogen and oxygen atoms in total. The van der Waals surface area contributed by atoms with E-state index in [9.17, 15) is 0 Å². The lowest BCUT2D eigenvalue weighted by Gasteiger charge is -2.33. The molecule has 60 valence electrons. The van der Waals surface area contributed by atoms with E-state index in [-0.39, 0.29) is 0 Å². The fourth-order valence-corrected chi connectivity index (χ4v) is 1.49. The van der Waals surface area contributed by atoms with Gasteiger partial charge < -0.3 is 10.5 Å². The maximum Gasteiger partial charge on any atom is 0.0625 e. The van der Waals surface area contributed by atoms with Gasteiger partial charge in [0.25, 0.3) is 0 Å². The molecule has 0 amide bonds. The van der Waals surface area contributed by atoms with Crippen molar-refractivity contribution < 1.29 is 4.74 Å². The first-order valence-electron chi connectivity index (χ1n) is 4.20. The molecule has 0 radical (unpaired) electrons. The molecule has 0 aromatic heterocycles. The van der Waals surface area contributed by atoms with Crippen LogP contribution in [0.3, 0.4) is 0 Å². The average molecular weight is 143 g/mol. The van der Waals surface area contributed by atoms with Crippen LogP contribution < -0.4 is 5.73 Å². The predicted octanol–water partition coefficient (Wildman–Crippen LogP) is 1.15. The van der Waals surface area contributed by atoms with Crippen LogP contribution in [-0.4, -0.2) is 19.3 Å². The lowest BCUT2D eigenvalue weighted by molar-refractivity contribution is -0.0866. The molecule has 1 rings (SSSR count). The Morgan fingerprint density at radius 3 is 2.70 bits per heavy atom. The summed E-state index contributed by atoms with van der Waals surface area (Å²) in [7, 11) is 0. The molecule has 2 heteroatoms. The lowest BCUT2D eigenvalue weighted by Crippen LogP contribution is -2.35. The number of hydrogen-bond acceptors (Lipinski definition) is 2. The second-order valence-electron chi connectivity index (χ2n) is 2.94. The van der Waals surface area contributed by atoms with Crippen LogP contribution in [0.2, 0.25) is 0 Å². The van der Waals surface area contributed by atoms with Gasteiger partial charge in [0, 0.05) is 6.61 Å². The van der Waals surface area contributed by atoms with Crippen LogP contribution in [0.5, 0.6) is 0 Å². The van der Waals surface area contributed by atoms with Gasteiger partial charge >= 0.3 is 0 Å². The van der Waals surface area contributed by atoms with Gasteiger partial charge in [0.1, 0.15) is 0 Å². The zero-order valence-corrected chi connectivity index (χ0v) is 6.68. The Morgan fingerprint density at radius 1 is 1.70 bits per heavy atom. The van der Waals surface area contributed by atoms with Crippen LogP contribution in [0, 0.1) is 5.92 Å². The highest BCUT2D eigenvalue weighted by atomic mass is 16.5. The second-order valence-corrected chi connectivity index (χ2v) is 2.94. The fraction of sp³-hybridized carbons (Fsp3) is 1.00. The van der Waals surface area contributed by atoms with E-state index in [2.05, 4.69) is 6.92 Å². The van der Waals surface area contributed by atoms with Crippen LogP contribution in [0.4, 0.5) is 0 Å². The van der Waals surface area contributed by atoms with Crippen molar-refractivity contribution in [2.75, 3.05) is 13.2 Å². The van der Waals surface area contributed by atoms with E-state index >= 15 is 0 Å². The summed E-state index contributed by atoms with van der Waals surface area (Å²) in [6, 6.07) is 0. The molecule has 0 bridgehead atoms. The average Bonchev–Trinajstić information content (AvgIpc) is 1.83. The minimum absolute atomic E-state index is 0.536. The summed E-state index contributed by atoms with van der Waals surface area (Å²) in [5.74, 6) is 0.721. The largest absolute Gasteiger partial charge is 0.378 e. The first-order valence-corrected chi connectivity index (χ1v) is 4.20. The molecule has 1 fully saturated rings. The SMILES string of the molecule is CCC(CCN)C1CCO1. The second kappa shape index (κ2) is 3.94. The summed E-state index contributed by atoms with van der Waals surface area (Å²) in [6.07, 6.45) is 4.12. The highest BCUT2D eigenvalue weighted by Gasteiger charge is 2.25. The standard InChI is InChI=1S/C8H17NO/c1-2-7(3-5-9)8-4-6-10-8/h7-8H,2-6,9H2,1H3. The summed E-state index contributed by atoms with van der Waals surface area (Å²) in [6.45, 7) is 3.98. The fourth-order valence-electron chi connectivity index (χ4n) is 1.49. The maximum atomic E-state index is 5.47. The summed E-state index contributed by atoms with van der Waals surface area (Å²) >= 11 is 0. The van der Waals surface area contributed by atoms with Crippen LogP contribution in [0.15, 0.2) is 0 Å². The third kappa shape index (κ3) is 1.70. The monoisotopic (exact) mass is 143 g/mol. The topological polar surface area (TPSA) is 35.2 Å². The Balaban J connectivity index is 2.17. The van der Waals surface area contributed by atoms with E-state index in [1.165, 1.54) is 12.8 Å². The quantitative estimate of drug-likeness (QED) is 0.640. The van der Waals surface area contributed by atoms with Gasteiger partial charge in [0.15, 0.2) is 0 Å². The van der Waals surface area contributed by atoms with Crippen molar-refractivity contribution in [3.63, 3.8) is 0 Å². The van der Waals surface area contributed by atoms with E-state index in [1.54, 1.807) is 0 Å². The molecule has 0 aromatic carbocycles. The van der Waals surface area contributed by atoms with Gasteiger partial charge in [-0.2, -0.15) is 0 Å². The van der Waals surface area contributed by atoms with E-state index < -0.39 is 0 Å². The summed E-state index contributed by atoms with van der Waals surface area (Å²) in [4.78, 5) is 0. The Hall–Kier alpha value is -0.0800. The maximum absolute atomic E-state index is 5.47. The molecule has 2 unspecified atom stereocenters. The van der Waals surface area contributed by atoms with Gasteiger partial charge in [-0.15, -0.1) is 0 Å². The zero-order chi connectivity index (χ0) is 7.40. The van der Waals surface area contributed by atoms with Crippen molar-refractivity contribution in [2.24, 2.45) is 11.7 Å². The molecule has 0 saturated carbocycles. The van der Waals surface area contributed by atoms with Gasteiger partial charge in [-0.1, -0.05) is 13.3 Å². The molecule has 10 heavy (non-hydrogen) atoms. The first kappa shape index (κ1) is 8.02. The highest BCUT2D eigenvalue weighted by molar-refractivity contribution is 4.75. The van der Waals surface area contributed by atoms with E-state index in [0.29, 0.717) is 6.10 Å². The Labute approximate surface area is 62.7 Å². The number of hydrogen-bond donors (Lipinski definition) is 1. The first-order chi connectivity index (χ1) is 4.88. The van der Waals surface area contributed by atoms with Crippen LogP contribution in [0.1, 0.15) is 26.2 Å². The van der Waals surface area contributed by atoms with E-state index in [1.807, 2.05) is 0 Å². The molecule has 1 heterocycles. The molecule has 2 atom stereocenters. The normalized spacial score (nSPS) is 27.6. The zero-order valence-electron chi connectivity index (χ0n) is 6.68. The van der Waals surface area contributed by atoms with Crippen LogP contribution in [0.25, 0.3) is 0 Å². The molecule has 0 spiro atoms. The number of rotatable bonds is 4. The van der Waals surface area contributed by atoms with Crippen molar-refractivity contribution in [1.29, 1.82) is 0 Å². The van der Waals surface area contributed by atoms with Gasteiger partial charge in [-0.3, -0.25) is 0 Å². The number of nitrogens with two attached hydrogens (primary N) is 1. The molecule has 1 aliphatic rings. The third-order valence-electron chi connectivity index (χ3n) is 2.32. The van der Waals surface area contributed by atoms with Crippen LogP contribution >= 0.6 is 0 Å². The van der Waals surface area contributed by atoms with Crippen molar-refractivity contribution in [3.05, 3.63) is 0 Å². The molecular weight excluding hydrogens is 126 g/mol. The van der Waals surface area contributed by atoms with Gasteiger partial charge in [0.2, 0.25) is 0 Å². The van der Waals surface area contributed by atoms with E-state index in [0.717, 1.165) is 25.5 Å². The van der Waals surface area contributed by atoms with Crippen molar-refractivity contribution in [1.82, 2.24) is 0 Å². The predicted molar refractivity (Wildman–Crippen MR) is 41.8 cm³/mol. The Morgan fingerprint density at radius 2 is 2.40 bits per heavy atom. The Bertz CT molecular complexity index is 91.3. The summed E-state index contributed by atoms with van der Waals surface area (Å²) in [5.41, 5.74) is 5.47. The molecule has 2 N–H and O–H groups in total. The van der Waals surface area contributed by atoms with Crippen LogP contribution in [-0.2, 0) is 4.74 Å². The molecule has 1 aliphatic heterocycles. The molecular formula is C8H17NO. The summed E-state index contributed by atoms with van der Waals surface area (Å²) < 4.78 is 5.38. The molecule has 0 aliphatic carbocycles. The highest BCUT2D eigenvalue weighted by Crippen LogP contribution is 2.24. The van der Waals surface area contributed by atoms with Crippen molar-refractivity contribution in [3.8, 4) is 0 Å².